The SMILES string of the molecule is CSCCC(NC(=O)C(N)CO)C(=O)NC(Cc1cnc[nH]1)C(=O)NC(CC(N)=O)C(=O)O. The van der Waals surface area contributed by atoms with Crippen LogP contribution in [0.2, 0.25) is 0 Å². The van der Waals surface area contributed by atoms with E-state index in [4.69, 9.17) is 16.6 Å². The number of aliphatic hydroxyl groups is 1. The number of aromatic amines is 1. The normalized spacial score (nSPS) is 14.4. The highest BCUT2D eigenvalue weighted by atomic mass is 32.2. The Morgan fingerprint density at radius 2 is 1.70 bits per heavy atom. The number of carboxylic acid groups (broad SMARTS) is 1. The van der Waals surface area contributed by atoms with Gasteiger partial charge >= 0.3 is 5.97 Å². The van der Waals surface area contributed by atoms with Crippen LogP contribution in [0.5, 0.6) is 0 Å². The van der Waals surface area contributed by atoms with Crippen LogP contribution in [-0.4, -0.2) is 92.6 Å². The van der Waals surface area contributed by atoms with Gasteiger partial charge < -0.3 is 42.6 Å². The quantitative estimate of drug-likeness (QED) is 0.121. The molecule has 0 bridgehead atoms. The number of nitrogens with zero attached hydrogens (tertiary/aromatic N) is 1. The molecule has 0 saturated heterocycles. The van der Waals surface area contributed by atoms with E-state index in [0.717, 1.165) is 0 Å². The summed E-state index contributed by atoms with van der Waals surface area (Å²) in [5.74, 6) is -4.27. The lowest BCUT2D eigenvalue weighted by Gasteiger charge is -2.24. The van der Waals surface area contributed by atoms with Gasteiger partial charge in [-0.05, 0) is 18.4 Å². The smallest absolute Gasteiger partial charge is 0.326 e. The summed E-state index contributed by atoms with van der Waals surface area (Å²) in [6, 6.07) is -5.16. The number of primary amides is 1. The molecule has 0 radical (unpaired) electrons. The van der Waals surface area contributed by atoms with Gasteiger partial charge in [0.15, 0.2) is 0 Å². The molecule has 33 heavy (non-hydrogen) atoms. The zero-order chi connectivity index (χ0) is 25.0. The van der Waals surface area contributed by atoms with Crippen molar-refractivity contribution in [1.29, 1.82) is 0 Å². The standard InChI is InChI=1S/C18H29N7O7S/c1-33-3-2-11(23-15(28)10(19)7-26)16(29)24-12(4-9-6-21-8-22-9)17(30)25-13(18(31)32)5-14(20)27/h6,8,10-13,26H,2-5,7,19H2,1H3,(H2,20,27)(H,21,22)(H,23,28)(H,24,29)(H,25,30)(H,31,32). The Bertz CT molecular complexity index is 821. The van der Waals surface area contributed by atoms with E-state index >= 15 is 0 Å². The molecule has 4 amide bonds. The van der Waals surface area contributed by atoms with Crippen LogP contribution in [0.1, 0.15) is 18.5 Å². The first-order valence-electron chi connectivity index (χ1n) is 9.83. The highest BCUT2D eigenvalue weighted by molar-refractivity contribution is 7.98. The molecule has 0 aliphatic rings. The van der Waals surface area contributed by atoms with Crippen LogP contribution >= 0.6 is 11.8 Å². The van der Waals surface area contributed by atoms with Crippen LogP contribution in [0.3, 0.4) is 0 Å². The number of hydrogen-bond donors (Lipinski definition) is 8. The Morgan fingerprint density at radius 1 is 1.09 bits per heavy atom. The minimum atomic E-state index is -1.59. The van der Waals surface area contributed by atoms with Gasteiger partial charge in [-0.15, -0.1) is 0 Å². The number of hydrogen-bond acceptors (Lipinski definition) is 9. The zero-order valence-electron chi connectivity index (χ0n) is 17.9. The highest BCUT2D eigenvalue weighted by Gasteiger charge is 2.31. The lowest BCUT2D eigenvalue weighted by Crippen LogP contribution is -2.58. The van der Waals surface area contributed by atoms with Gasteiger partial charge in [0.1, 0.15) is 24.2 Å². The Labute approximate surface area is 193 Å². The number of aliphatic carboxylic acids is 1. The van der Waals surface area contributed by atoms with Gasteiger partial charge in [-0.3, -0.25) is 19.2 Å². The fourth-order valence-corrected chi connectivity index (χ4v) is 3.11. The third-order valence-electron chi connectivity index (χ3n) is 4.41. The number of nitrogens with one attached hydrogen (secondary N) is 4. The summed E-state index contributed by atoms with van der Waals surface area (Å²) in [6.45, 7) is -0.621. The van der Waals surface area contributed by atoms with Crippen LogP contribution in [0.4, 0.5) is 0 Å². The largest absolute Gasteiger partial charge is 0.480 e. The predicted molar refractivity (Wildman–Crippen MR) is 118 cm³/mol. The number of H-pyrrole nitrogens is 1. The number of carbonyl (C=O) groups excluding carboxylic acids is 4. The molecule has 0 spiro atoms. The second kappa shape index (κ2) is 14.1. The number of thioether (sulfide) groups is 1. The zero-order valence-corrected chi connectivity index (χ0v) is 18.8. The highest BCUT2D eigenvalue weighted by Crippen LogP contribution is 2.05. The molecule has 184 valence electrons. The number of imidazole rings is 1. The number of carboxylic acids is 1. The molecule has 15 heteroatoms. The molecule has 4 unspecified atom stereocenters. The van der Waals surface area contributed by atoms with E-state index in [-0.39, 0.29) is 12.8 Å². The average molecular weight is 488 g/mol. The maximum absolute atomic E-state index is 12.9. The second-order valence-electron chi connectivity index (χ2n) is 7.04. The summed E-state index contributed by atoms with van der Waals surface area (Å²) >= 11 is 1.42. The van der Waals surface area contributed by atoms with E-state index in [1.807, 2.05) is 0 Å². The van der Waals surface area contributed by atoms with Crippen molar-refractivity contribution in [3.8, 4) is 0 Å². The fourth-order valence-electron chi connectivity index (χ4n) is 2.64. The van der Waals surface area contributed by atoms with Crippen LogP contribution in [0.15, 0.2) is 12.5 Å². The summed E-state index contributed by atoms with van der Waals surface area (Å²) in [5, 5.41) is 25.4. The topological polar surface area (TPSA) is 243 Å². The summed E-state index contributed by atoms with van der Waals surface area (Å²) in [7, 11) is 0. The van der Waals surface area contributed by atoms with E-state index in [2.05, 4.69) is 25.9 Å². The summed E-state index contributed by atoms with van der Waals surface area (Å²) in [5.41, 5.74) is 11.0. The molecule has 0 aliphatic carbocycles. The van der Waals surface area contributed by atoms with Crippen molar-refractivity contribution >= 4 is 41.4 Å². The van der Waals surface area contributed by atoms with Crippen LogP contribution in [-0.2, 0) is 30.4 Å². The fraction of sp³-hybridized carbons (Fsp3) is 0.556. The average Bonchev–Trinajstić information content (AvgIpc) is 3.27. The summed E-state index contributed by atoms with van der Waals surface area (Å²) in [6.07, 6.45) is 4.05. The first-order chi connectivity index (χ1) is 15.6. The minimum absolute atomic E-state index is 0.0835. The molecule has 0 aliphatic heterocycles. The number of carbonyl (C=O) groups is 5. The van der Waals surface area contributed by atoms with E-state index in [9.17, 15) is 29.1 Å². The monoisotopic (exact) mass is 487 g/mol. The van der Waals surface area contributed by atoms with Crippen molar-refractivity contribution in [2.45, 2.75) is 43.4 Å². The number of aliphatic hydroxyl groups excluding tert-OH is 1. The van der Waals surface area contributed by atoms with Crippen molar-refractivity contribution in [2.75, 3.05) is 18.6 Å². The molecule has 14 nitrogen and oxygen atoms in total. The first kappa shape index (κ1) is 27.9. The van der Waals surface area contributed by atoms with Crippen LogP contribution in [0.25, 0.3) is 0 Å². The molecule has 0 aromatic carbocycles. The molecule has 1 heterocycles. The van der Waals surface area contributed by atoms with Gasteiger partial charge in [0, 0.05) is 18.3 Å². The Hall–Kier alpha value is -3.17. The Morgan fingerprint density at radius 3 is 2.21 bits per heavy atom. The lowest BCUT2D eigenvalue weighted by molar-refractivity contribution is -0.143. The van der Waals surface area contributed by atoms with Gasteiger partial charge in [0.25, 0.3) is 0 Å². The lowest BCUT2D eigenvalue weighted by atomic mass is 10.1. The molecular formula is C18H29N7O7S. The second-order valence-corrected chi connectivity index (χ2v) is 8.03. The van der Waals surface area contributed by atoms with Gasteiger partial charge in [-0.2, -0.15) is 11.8 Å². The third-order valence-corrected chi connectivity index (χ3v) is 5.05. The minimum Gasteiger partial charge on any atom is -0.480 e. The molecule has 0 saturated carbocycles. The van der Waals surface area contributed by atoms with E-state index in [1.54, 1.807) is 6.26 Å². The van der Waals surface area contributed by atoms with Gasteiger partial charge in [0.05, 0.1) is 19.4 Å². The molecule has 0 fully saturated rings. The van der Waals surface area contributed by atoms with Gasteiger partial charge in [-0.1, -0.05) is 0 Å². The Balaban J connectivity index is 3.04. The van der Waals surface area contributed by atoms with Crippen molar-refractivity contribution in [1.82, 2.24) is 25.9 Å². The van der Waals surface area contributed by atoms with Crippen molar-refractivity contribution in [2.24, 2.45) is 11.5 Å². The Kier molecular flexibility index (Phi) is 11.9. The van der Waals surface area contributed by atoms with E-state index < -0.39 is 66.8 Å². The number of amides is 4. The van der Waals surface area contributed by atoms with Crippen molar-refractivity contribution in [3.63, 3.8) is 0 Å². The van der Waals surface area contributed by atoms with E-state index in [0.29, 0.717) is 11.4 Å². The molecular weight excluding hydrogens is 458 g/mol. The van der Waals surface area contributed by atoms with Gasteiger partial charge in [0.2, 0.25) is 23.6 Å². The van der Waals surface area contributed by atoms with Crippen LogP contribution in [0, 0.1) is 0 Å². The molecule has 10 N–H and O–H groups in total. The van der Waals surface area contributed by atoms with Gasteiger partial charge in [-0.25, -0.2) is 9.78 Å². The summed E-state index contributed by atoms with van der Waals surface area (Å²) < 4.78 is 0. The molecule has 1 rings (SSSR count). The van der Waals surface area contributed by atoms with Crippen LogP contribution < -0.4 is 27.4 Å². The molecule has 4 atom stereocenters. The maximum Gasteiger partial charge on any atom is 0.326 e. The van der Waals surface area contributed by atoms with E-state index in [1.165, 1.54) is 24.3 Å². The van der Waals surface area contributed by atoms with Crippen molar-refractivity contribution in [3.05, 3.63) is 18.2 Å². The first-order valence-corrected chi connectivity index (χ1v) is 11.2. The maximum atomic E-state index is 12.9. The molecule has 1 aromatic rings. The van der Waals surface area contributed by atoms with Crippen molar-refractivity contribution < 1.29 is 34.2 Å². The number of aromatic nitrogens is 2. The third kappa shape index (κ3) is 9.88. The number of rotatable bonds is 15. The molecule has 1 aromatic heterocycles. The number of nitrogens with two attached hydrogens (primary N) is 2. The summed E-state index contributed by atoms with van der Waals surface area (Å²) in [4.78, 5) is 66.9. The predicted octanol–water partition coefficient (Wildman–Crippen LogP) is -3.56.